The van der Waals surface area contributed by atoms with E-state index in [9.17, 15) is 26.4 Å². The standard InChI is InChI=1S/C23H22F3N3O4S/c1-28(20-6-3-7-21-19(20)13-27-29(21)14-22(30)31)34(32,33)18-10-8-15(9-11-18)16-4-2-5-17(12-16)23(24,25)26/h2,4-5,8-13,20H,3,6-7,14H2,1H3,(H,30,31). The Hall–Kier alpha value is -3.18. The molecular formula is C23H22F3N3O4S. The Bertz CT molecular complexity index is 1320. The quantitative estimate of drug-likeness (QED) is 0.551. The Labute approximate surface area is 194 Å². The first kappa shape index (κ1) is 24.0. The Balaban J connectivity index is 1.60. The zero-order valence-corrected chi connectivity index (χ0v) is 19.0. The second kappa shape index (κ2) is 8.88. The summed E-state index contributed by atoms with van der Waals surface area (Å²) < 4.78 is 68.3. The highest BCUT2D eigenvalue weighted by Crippen LogP contribution is 2.37. The van der Waals surface area contributed by atoms with Gasteiger partial charge in [0, 0.05) is 18.3 Å². The average molecular weight is 494 g/mol. The van der Waals surface area contributed by atoms with Gasteiger partial charge in [-0.15, -0.1) is 0 Å². The van der Waals surface area contributed by atoms with Crippen molar-refractivity contribution < 1.29 is 31.5 Å². The van der Waals surface area contributed by atoms with E-state index < -0.39 is 33.8 Å². The SMILES string of the molecule is CN(C1CCCc2c1cnn2CC(=O)O)S(=O)(=O)c1ccc(-c2cccc(C(F)(F)F)c2)cc1. The molecule has 0 radical (unpaired) electrons. The number of carboxylic acids is 1. The topological polar surface area (TPSA) is 92.5 Å². The van der Waals surface area contributed by atoms with E-state index in [1.54, 1.807) is 0 Å². The summed E-state index contributed by atoms with van der Waals surface area (Å²) >= 11 is 0. The lowest BCUT2D eigenvalue weighted by atomic mass is 9.93. The van der Waals surface area contributed by atoms with Crippen molar-refractivity contribution >= 4 is 16.0 Å². The second-order valence-corrected chi connectivity index (χ2v) is 10.1. The molecule has 1 unspecified atom stereocenters. The molecule has 1 atom stereocenters. The minimum atomic E-state index is -4.47. The molecule has 2 aromatic carbocycles. The summed E-state index contributed by atoms with van der Waals surface area (Å²) in [5.41, 5.74) is 1.40. The van der Waals surface area contributed by atoms with Gasteiger partial charge in [0.15, 0.2) is 0 Å². The van der Waals surface area contributed by atoms with Gasteiger partial charge in [0.1, 0.15) is 6.54 Å². The van der Waals surface area contributed by atoms with Crippen molar-refractivity contribution in [3.8, 4) is 11.1 Å². The number of hydrogen-bond donors (Lipinski definition) is 1. The number of sulfonamides is 1. The number of carbonyl (C=O) groups is 1. The zero-order chi connectivity index (χ0) is 24.7. The van der Waals surface area contributed by atoms with Crippen LogP contribution in [0.2, 0.25) is 0 Å². The highest BCUT2D eigenvalue weighted by molar-refractivity contribution is 7.89. The molecule has 0 aliphatic heterocycles. The van der Waals surface area contributed by atoms with Crippen LogP contribution in [0.3, 0.4) is 0 Å². The predicted octanol–water partition coefficient (Wildman–Crippen LogP) is 4.35. The van der Waals surface area contributed by atoms with Gasteiger partial charge in [-0.2, -0.15) is 22.6 Å². The van der Waals surface area contributed by atoms with E-state index in [4.69, 9.17) is 5.11 Å². The summed E-state index contributed by atoms with van der Waals surface area (Å²) in [6, 6.07) is 10.0. The number of nitrogens with zero attached hydrogens (tertiary/aromatic N) is 3. The Morgan fingerprint density at radius 1 is 1.18 bits per heavy atom. The minimum Gasteiger partial charge on any atom is -0.480 e. The molecule has 0 saturated heterocycles. The Morgan fingerprint density at radius 3 is 2.53 bits per heavy atom. The highest BCUT2D eigenvalue weighted by atomic mass is 32.2. The van der Waals surface area contributed by atoms with Gasteiger partial charge in [-0.25, -0.2) is 8.42 Å². The van der Waals surface area contributed by atoms with Crippen LogP contribution >= 0.6 is 0 Å². The van der Waals surface area contributed by atoms with E-state index in [-0.39, 0.29) is 11.4 Å². The van der Waals surface area contributed by atoms with Gasteiger partial charge in [-0.05, 0) is 54.7 Å². The number of alkyl halides is 3. The molecule has 1 aromatic heterocycles. The van der Waals surface area contributed by atoms with E-state index in [1.165, 1.54) is 58.6 Å². The molecule has 0 spiro atoms. The van der Waals surface area contributed by atoms with Crippen molar-refractivity contribution in [3.05, 3.63) is 71.5 Å². The Kier molecular flexibility index (Phi) is 6.26. The molecule has 11 heteroatoms. The lowest BCUT2D eigenvalue weighted by molar-refractivity contribution is -0.138. The van der Waals surface area contributed by atoms with Crippen LogP contribution < -0.4 is 0 Å². The molecule has 0 bridgehead atoms. The smallest absolute Gasteiger partial charge is 0.416 e. The third-order valence-corrected chi connectivity index (χ3v) is 7.89. The van der Waals surface area contributed by atoms with Crippen LogP contribution in [-0.4, -0.2) is 40.6 Å². The summed E-state index contributed by atoms with van der Waals surface area (Å²) in [6.07, 6.45) is -1.11. The van der Waals surface area contributed by atoms with Crippen LogP contribution in [-0.2, 0) is 34.0 Å². The number of rotatable bonds is 6. The molecular weight excluding hydrogens is 471 g/mol. The lowest BCUT2D eigenvalue weighted by Crippen LogP contribution is -2.33. The first-order valence-corrected chi connectivity index (χ1v) is 11.9. The molecule has 34 heavy (non-hydrogen) atoms. The molecule has 3 aromatic rings. The molecule has 0 amide bonds. The molecule has 1 N–H and O–H groups in total. The van der Waals surface area contributed by atoms with E-state index in [1.807, 2.05) is 0 Å². The molecule has 1 aliphatic carbocycles. The maximum absolute atomic E-state index is 13.3. The number of aliphatic carboxylic acids is 1. The van der Waals surface area contributed by atoms with Crippen LogP contribution in [0.25, 0.3) is 11.1 Å². The molecule has 180 valence electrons. The normalized spacial score (nSPS) is 16.4. The van der Waals surface area contributed by atoms with Crippen LogP contribution in [0.4, 0.5) is 13.2 Å². The number of carboxylic acid groups (broad SMARTS) is 1. The van der Waals surface area contributed by atoms with Gasteiger partial charge >= 0.3 is 12.1 Å². The lowest BCUT2D eigenvalue weighted by Gasteiger charge is -2.31. The number of fused-ring (bicyclic) bond motifs is 1. The van der Waals surface area contributed by atoms with Crippen molar-refractivity contribution in [2.45, 2.75) is 42.9 Å². The van der Waals surface area contributed by atoms with Crippen molar-refractivity contribution in [2.75, 3.05) is 7.05 Å². The van der Waals surface area contributed by atoms with Gasteiger partial charge in [0.2, 0.25) is 10.0 Å². The van der Waals surface area contributed by atoms with Crippen LogP contribution in [0.1, 0.15) is 35.7 Å². The van der Waals surface area contributed by atoms with Gasteiger partial charge < -0.3 is 5.11 Å². The summed E-state index contributed by atoms with van der Waals surface area (Å²) in [7, 11) is -2.46. The zero-order valence-electron chi connectivity index (χ0n) is 18.2. The molecule has 0 saturated carbocycles. The van der Waals surface area contributed by atoms with Crippen molar-refractivity contribution in [2.24, 2.45) is 0 Å². The average Bonchev–Trinajstić information content (AvgIpc) is 3.20. The number of aromatic nitrogens is 2. The number of halogens is 3. The molecule has 0 fully saturated rings. The molecule has 7 nitrogen and oxygen atoms in total. The predicted molar refractivity (Wildman–Crippen MR) is 117 cm³/mol. The minimum absolute atomic E-state index is 0.00998. The largest absolute Gasteiger partial charge is 0.480 e. The maximum atomic E-state index is 13.3. The fourth-order valence-corrected chi connectivity index (χ4v) is 5.63. The van der Waals surface area contributed by atoms with Crippen LogP contribution in [0, 0.1) is 0 Å². The highest BCUT2D eigenvalue weighted by Gasteiger charge is 2.34. The first-order valence-electron chi connectivity index (χ1n) is 10.5. The summed E-state index contributed by atoms with van der Waals surface area (Å²) in [5, 5.41) is 13.2. The second-order valence-electron chi connectivity index (χ2n) is 8.13. The summed E-state index contributed by atoms with van der Waals surface area (Å²) in [4.78, 5) is 11.1. The van der Waals surface area contributed by atoms with E-state index >= 15 is 0 Å². The van der Waals surface area contributed by atoms with E-state index in [2.05, 4.69) is 5.10 Å². The van der Waals surface area contributed by atoms with Crippen LogP contribution in [0.15, 0.2) is 59.6 Å². The fourth-order valence-electron chi connectivity index (χ4n) is 4.27. The molecule has 1 aliphatic rings. The first-order chi connectivity index (χ1) is 16.0. The van der Waals surface area contributed by atoms with Gasteiger partial charge in [0.25, 0.3) is 0 Å². The molecule has 4 rings (SSSR count). The van der Waals surface area contributed by atoms with Crippen molar-refractivity contribution in [1.29, 1.82) is 0 Å². The third-order valence-electron chi connectivity index (χ3n) is 6.01. The van der Waals surface area contributed by atoms with Crippen molar-refractivity contribution in [3.63, 3.8) is 0 Å². The van der Waals surface area contributed by atoms with Gasteiger partial charge in [0.05, 0.1) is 22.7 Å². The molecule has 1 heterocycles. The van der Waals surface area contributed by atoms with E-state index in [0.717, 1.165) is 12.1 Å². The van der Waals surface area contributed by atoms with Gasteiger partial charge in [-0.3, -0.25) is 9.48 Å². The fraction of sp³-hybridized carbons (Fsp3) is 0.304. The van der Waals surface area contributed by atoms with E-state index in [0.29, 0.717) is 41.6 Å². The number of hydrogen-bond acceptors (Lipinski definition) is 4. The summed E-state index contributed by atoms with van der Waals surface area (Å²) in [5.74, 6) is -1.03. The monoisotopic (exact) mass is 493 g/mol. The number of benzene rings is 2. The Morgan fingerprint density at radius 2 is 1.88 bits per heavy atom. The third kappa shape index (κ3) is 4.58. The van der Waals surface area contributed by atoms with Gasteiger partial charge in [-0.1, -0.05) is 24.3 Å². The maximum Gasteiger partial charge on any atom is 0.416 e. The van der Waals surface area contributed by atoms with Crippen LogP contribution in [0.5, 0.6) is 0 Å². The summed E-state index contributed by atoms with van der Waals surface area (Å²) in [6.45, 7) is -0.296. The van der Waals surface area contributed by atoms with Crippen molar-refractivity contribution in [1.82, 2.24) is 14.1 Å².